The predicted octanol–water partition coefficient (Wildman–Crippen LogP) is 1.43. The first-order chi connectivity index (χ1) is 11.3. The van der Waals surface area contributed by atoms with Crippen molar-refractivity contribution in [2.45, 2.75) is 90.6 Å². The van der Waals surface area contributed by atoms with E-state index >= 15 is 0 Å². The van der Waals surface area contributed by atoms with Gasteiger partial charge in [0.15, 0.2) is 0 Å². The number of nitrogens with zero attached hydrogens (tertiary/aromatic N) is 4. The van der Waals surface area contributed by atoms with Crippen molar-refractivity contribution in [2.24, 2.45) is 0 Å². The number of halogens is 1. The molecule has 0 radical (unpaired) electrons. The number of imidazole rings is 1. The van der Waals surface area contributed by atoms with Gasteiger partial charge < -0.3 is 17.0 Å². The van der Waals surface area contributed by atoms with Crippen molar-refractivity contribution >= 4 is 0 Å². The van der Waals surface area contributed by atoms with Gasteiger partial charge in [-0.1, -0.05) is 38.5 Å². The van der Waals surface area contributed by atoms with E-state index in [0.717, 1.165) is 25.9 Å². The number of hydrogen-bond donors (Lipinski definition) is 0. The zero-order chi connectivity index (χ0) is 16.8. The smallest absolute Gasteiger partial charge is 0.253 e. The molecule has 0 aliphatic rings. The van der Waals surface area contributed by atoms with Crippen LogP contribution in [0, 0.1) is 29.6 Å². The van der Waals surface area contributed by atoms with E-state index < -0.39 is 0 Å². The van der Waals surface area contributed by atoms with Crippen LogP contribution in [0.5, 0.6) is 0 Å². The molecule has 0 atom stereocenters. The van der Waals surface area contributed by atoms with E-state index in [-0.39, 0.29) is 17.0 Å². The van der Waals surface area contributed by atoms with Crippen LogP contribution in [0.1, 0.15) is 76.5 Å². The van der Waals surface area contributed by atoms with Crippen LogP contribution in [-0.4, -0.2) is 4.57 Å². The molecule has 5 heteroatoms. The molecule has 0 aliphatic carbocycles. The highest BCUT2D eigenvalue weighted by atomic mass is 79.9. The Morgan fingerprint density at radius 2 is 1.42 bits per heavy atom. The number of unbranched alkanes of at least 4 members (excludes halogenated alkanes) is 9. The molecule has 0 spiro atoms. The molecule has 0 fully saturated rings. The first-order valence-electron chi connectivity index (χ1n) is 9.08. The predicted molar refractivity (Wildman–Crippen MR) is 91.4 cm³/mol. The van der Waals surface area contributed by atoms with Gasteiger partial charge in [0.05, 0.1) is 25.1 Å². The molecule has 0 amide bonds. The van der Waals surface area contributed by atoms with E-state index in [9.17, 15) is 0 Å². The molecular formula is C19H31BrN4. The molecule has 0 saturated heterocycles. The lowest BCUT2D eigenvalue weighted by atomic mass is 10.1. The zero-order valence-electron chi connectivity index (χ0n) is 15.0. The lowest BCUT2D eigenvalue weighted by molar-refractivity contribution is -0.701. The molecule has 1 aromatic rings. The maximum atomic E-state index is 8.66. The van der Waals surface area contributed by atoms with Gasteiger partial charge in [0.2, 0.25) is 0 Å². The molecule has 4 nitrogen and oxygen atoms in total. The molecule has 0 unspecified atom stereocenters. The molecule has 24 heavy (non-hydrogen) atoms. The molecule has 0 saturated carbocycles. The van der Waals surface area contributed by atoms with Gasteiger partial charge in [-0.25, -0.2) is 9.13 Å². The van der Waals surface area contributed by atoms with Gasteiger partial charge in [-0.2, -0.15) is 10.5 Å². The van der Waals surface area contributed by atoms with E-state index in [1.165, 1.54) is 57.2 Å². The van der Waals surface area contributed by atoms with Crippen LogP contribution in [0.3, 0.4) is 0 Å². The highest BCUT2D eigenvalue weighted by Crippen LogP contribution is 2.11. The summed E-state index contributed by atoms with van der Waals surface area (Å²) in [5.41, 5.74) is 0. The first kappa shape index (κ1) is 22.7. The SMILES string of the molecule is Cc1n(CCCCCCCCCCCC#N)cc[n+]1CCC#N.[Br-]. The summed E-state index contributed by atoms with van der Waals surface area (Å²) in [5.74, 6) is 1.25. The number of aromatic nitrogens is 2. The minimum atomic E-state index is 0. The monoisotopic (exact) mass is 394 g/mol. The van der Waals surface area contributed by atoms with E-state index in [1.807, 2.05) is 0 Å². The average molecular weight is 395 g/mol. The highest BCUT2D eigenvalue weighted by Gasteiger charge is 2.10. The Morgan fingerprint density at radius 1 is 0.875 bits per heavy atom. The summed E-state index contributed by atoms with van der Waals surface area (Å²) in [6, 6.07) is 4.40. The fraction of sp³-hybridized carbons (Fsp3) is 0.737. The fourth-order valence-electron chi connectivity index (χ4n) is 2.91. The summed E-state index contributed by atoms with van der Waals surface area (Å²) in [6.45, 7) is 4.01. The normalized spacial score (nSPS) is 9.96. The van der Waals surface area contributed by atoms with Crippen molar-refractivity contribution in [1.82, 2.24) is 4.57 Å². The van der Waals surface area contributed by atoms with Crippen molar-refractivity contribution < 1.29 is 21.5 Å². The molecule has 1 heterocycles. The van der Waals surface area contributed by atoms with Gasteiger partial charge in [0.1, 0.15) is 18.9 Å². The maximum Gasteiger partial charge on any atom is 0.253 e. The maximum absolute atomic E-state index is 8.66. The topological polar surface area (TPSA) is 56.4 Å². The number of nitriles is 2. The summed E-state index contributed by atoms with van der Waals surface area (Å²) >= 11 is 0. The van der Waals surface area contributed by atoms with Gasteiger partial charge in [-0.05, 0) is 19.3 Å². The van der Waals surface area contributed by atoms with Gasteiger partial charge in [-0.3, -0.25) is 0 Å². The van der Waals surface area contributed by atoms with Gasteiger partial charge in [-0.15, -0.1) is 0 Å². The van der Waals surface area contributed by atoms with Crippen LogP contribution in [-0.2, 0) is 13.1 Å². The standard InChI is InChI=1S/C19H31N4.BrH/c1-19-22(17-18-23(19)16-12-14-21)15-11-9-7-5-3-2-4-6-8-10-13-20;/h17-18H,2-12,15-16H2,1H3;1H/q+1;/p-1. The van der Waals surface area contributed by atoms with Gasteiger partial charge in [0.25, 0.3) is 5.82 Å². The number of aryl methyl sites for hydroxylation is 2. The Kier molecular flexibility index (Phi) is 14.4. The summed E-state index contributed by atoms with van der Waals surface area (Å²) in [4.78, 5) is 0. The third kappa shape index (κ3) is 9.73. The first-order valence-corrected chi connectivity index (χ1v) is 9.08. The van der Waals surface area contributed by atoms with Crippen LogP contribution in [0.15, 0.2) is 12.4 Å². The Bertz CT molecular complexity index is 510. The molecule has 0 bridgehead atoms. The second-order valence-corrected chi connectivity index (χ2v) is 6.23. The minimum absolute atomic E-state index is 0. The van der Waals surface area contributed by atoms with E-state index in [1.54, 1.807) is 0 Å². The largest absolute Gasteiger partial charge is 1.00 e. The van der Waals surface area contributed by atoms with Crippen LogP contribution in [0.2, 0.25) is 0 Å². The van der Waals surface area contributed by atoms with E-state index in [0.29, 0.717) is 6.42 Å². The Morgan fingerprint density at radius 3 is 2.00 bits per heavy atom. The fourth-order valence-corrected chi connectivity index (χ4v) is 2.91. The quantitative estimate of drug-likeness (QED) is 0.375. The number of hydrogen-bond acceptors (Lipinski definition) is 2. The summed E-state index contributed by atoms with van der Waals surface area (Å²) in [6.07, 6.45) is 16.9. The van der Waals surface area contributed by atoms with Gasteiger partial charge >= 0.3 is 0 Å². The minimum Gasteiger partial charge on any atom is -1.00 e. The second kappa shape index (κ2) is 15.2. The Hall–Kier alpha value is -1.33. The van der Waals surface area contributed by atoms with Crippen LogP contribution in [0.25, 0.3) is 0 Å². The van der Waals surface area contributed by atoms with Crippen LogP contribution < -0.4 is 21.5 Å². The second-order valence-electron chi connectivity index (χ2n) is 6.23. The van der Waals surface area contributed by atoms with E-state index in [2.05, 4.69) is 40.6 Å². The zero-order valence-corrected chi connectivity index (χ0v) is 16.6. The third-order valence-corrected chi connectivity index (χ3v) is 4.41. The molecule has 1 aromatic heterocycles. The number of rotatable bonds is 13. The summed E-state index contributed by atoms with van der Waals surface area (Å²) < 4.78 is 4.46. The molecule has 0 aromatic carbocycles. The molecule has 134 valence electrons. The van der Waals surface area contributed by atoms with Crippen molar-refractivity contribution in [2.75, 3.05) is 0 Å². The van der Waals surface area contributed by atoms with Crippen molar-refractivity contribution in [1.29, 1.82) is 10.5 Å². The molecular weight excluding hydrogens is 364 g/mol. The average Bonchev–Trinajstić information content (AvgIpc) is 2.91. The lowest BCUT2D eigenvalue weighted by Gasteiger charge is -2.02. The Labute approximate surface area is 157 Å². The van der Waals surface area contributed by atoms with Crippen molar-refractivity contribution in [3.63, 3.8) is 0 Å². The van der Waals surface area contributed by atoms with Crippen LogP contribution >= 0.6 is 0 Å². The van der Waals surface area contributed by atoms with Crippen molar-refractivity contribution in [3.8, 4) is 12.1 Å². The molecule has 0 aliphatic heterocycles. The van der Waals surface area contributed by atoms with Crippen molar-refractivity contribution in [3.05, 3.63) is 18.2 Å². The van der Waals surface area contributed by atoms with E-state index in [4.69, 9.17) is 10.5 Å². The third-order valence-electron chi connectivity index (χ3n) is 4.41. The summed E-state index contributed by atoms with van der Waals surface area (Å²) in [5, 5.41) is 17.1. The van der Waals surface area contributed by atoms with Gasteiger partial charge in [0, 0.05) is 13.3 Å². The Balaban J connectivity index is 0.00000529. The molecule has 1 rings (SSSR count). The highest BCUT2D eigenvalue weighted by molar-refractivity contribution is 4.80. The summed E-state index contributed by atoms with van der Waals surface area (Å²) in [7, 11) is 0. The lowest BCUT2D eigenvalue weighted by Crippen LogP contribution is -3.00. The molecule has 0 N–H and O–H groups in total. The van der Waals surface area contributed by atoms with Crippen LogP contribution in [0.4, 0.5) is 0 Å².